The third-order valence-corrected chi connectivity index (χ3v) is 3.71. The van der Waals surface area contributed by atoms with E-state index in [1.807, 2.05) is 13.8 Å². The number of benzene rings is 1. The van der Waals surface area contributed by atoms with Crippen molar-refractivity contribution in [1.29, 1.82) is 0 Å². The standard InChI is InChI=1S/C14H16BrClF3NO/c1-13(2,5-6-16)8-20-12(21)10-4-3-9(15)7-11(10)14(17,18)19/h3-4,7H,5-6,8H2,1-2H3,(H,20,21). The lowest BCUT2D eigenvalue weighted by molar-refractivity contribution is -0.138. The lowest BCUT2D eigenvalue weighted by Crippen LogP contribution is -2.35. The first-order valence-corrected chi connectivity index (χ1v) is 7.60. The van der Waals surface area contributed by atoms with E-state index in [1.54, 1.807) is 0 Å². The highest BCUT2D eigenvalue weighted by atomic mass is 79.9. The van der Waals surface area contributed by atoms with Gasteiger partial charge in [-0.3, -0.25) is 4.79 Å². The molecule has 0 spiro atoms. The summed E-state index contributed by atoms with van der Waals surface area (Å²) in [4.78, 5) is 12.0. The van der Waals surface area contributed by atoms with E-state index in [4.69, 9.17) is 11.6 Å². The number of amides is 1. The van der Waals surface area contributed by atoms with Crippen molar-refractivity contribution in [2.75, 3.05) is 12.4 Å². The molecule has 0 atom stereocenters. The molecular formula is C14H16BrClF3NO. The highest BCUT2D eigenvalue weighted by molar-refractivity contribution is 9.10. The lowest BCUT2D eigenvalue weighted by atomic mass is 9.90. The molecule has 1 rings (SSSR count). The van der Waals surface area contributed by atoms with Crippen molar-refractivity contribution in [3.8, 4) is 0 Å². The van der Waals surface area contributed by atoms with Gasteiger partial charge in [0.1, 0.15) is 0 Å². The number of hydrogen-bond acceptors (Lipinski definition) is 1. The largest absolute Gasteiger partial charge is 0.417 e. The Morgan fingerprint density at radius 3 is 2.48 bits per heavy atom. The number of halogens is 5. The normalized spacial score (nSPS) is 12.3. The van der Waals surface area contributed by atoms with Crippen molar-refractivity contribution < 1.29 is 18.0 Å². The van der Waals surface area contributed by atoms with Crippen LogP contribution in [-0.2, 0) is 6.18 Å². The minimum absolute atomic E-state index is 0.256. The van der Waals surface area contributed by atoms with Gasteiger partial charge in [-0.2, -0.15) is 13.2 Å². The van der Waals surface area contributed by atoms with Gasteiger partial charge < -0.3 is 5.32 Å². The molecule has 0 aliphatic heterocycles. The first-order chi connectivity index (χ1) is 9.57. The summed E-state index contributed by atoms with van der Waals surface area (Å²) in [6.07, 6.45) is -3.93. The molecule has 2 nitrogen and oxygen atoms in total. The van der Waals surface area contributed by atoms with E-state index in [-0.39, 0.29) is 22.0 Å². The summed E-state index contributed by atoms with van der Waals surface area (Å²) in [5, 5.41) is 2.54. The van der Waals surface area contributed by atoms with E-state index in [9.17, 15) is 18.0 Å². The maximum Gasteiger partial charge on any atom is 0.417 e. The molecule has 0 unspecified atom stereocenters. The fraction of sp³-hybridized carbons (Fsp3) is 0.500. The Kier molecular flexibility index (Phi) is 6.11. The van der Waals surface area contributed by atoms with Crippen LogP contribution in [0.15, 0.2) is 22.7 Å². The van der Waals surface area contributed by atoms with Crippen molar-refractivity contribution in [3.63, 3.8) is 0 Å². The summed E-state index contributed by atoms with van der Waals surface area (Å²) >= 11 is 8.64. The molecule has 0 bridgehead atoms. The quantitative estimate of drug-likeness (QED) is 0.720. The van der Waals surface area contributed by atoms with Crippen LogP contribution >= 0.6 is 27.5 Å². The average molecular weight is 387 g/mol. The van der Waals surface area contributed by atoms with Crippen molar-refractivity contribution >= 4 is 33.4 Å². The molecule has 118 valence electrons. The molecule has 1 aromatic rings. The molecule has 0 saturated carbocycles. The Morgan fingerprint density at radius 2 is 1.95 bits per heavy atom. The second-order valence-corrected chi connectivity index (χ2v) is 6.77. The third-order valence-electron chi connectivity index (χ3n) is 3.03. The molecule has 0 radical (unpaired) electrons. The smallest absolute Gasteiger partial charge is 0.351 e. The van der Waals surface area contributed by atoms with E-state index < -0.39 is 17.6 Å². The van der Waals surface area contributed by atoms with Crippen LogP contribution in [0.4, 0.5) is 13.2 Å². The summed E-state index contributed by atoms with van der Waals surface area (Å²) < 4.78 is 39.2. The molecule has 0 heterocycles. The molecule has 0 fully saturated rings. The average Bonchev–Trinajstić information content (AvgIpc) is 2.35. The Balaban J connectivity index is 2.93. The Bertz CT molecular complexity index is 517. The first kappa shape index (κ1) is 18.3. The van der Waals surface area contributed by atoms with E-state index in [1.165, 1.54) is 6.07 Å². The van der Waals surface area contributed by atoms with Gasteiger partial charge in [0.15, 0.2) is 0 Å². The van der Waals surface area contributed by atoms with Crippen LogP contribution in [0.2, 0.25) is 0 Å². The highest BCUT2D eigenvalue weighted by Crippen LogP contribution is 2.34. The lowest BCUT2D eigenvalue weighted by Gasteiger charge is -2.24. The van der Waals surface area contributed by atoms with Gasteiger partial charge >= 0.3 is 6.18 Å². The van der Waals surface area contributed by atoms with Crippen LogP contribution in [0.3, 0.4) is 0 Å². The second kappa shape index (κ2) is 7.01. The van der Waals surface area contributed by atoms with Gasteiger partial charge in [0.05, 0.1) is 11.1 Å². The van der Waals surface area contributed by atoms with Crippen molar-refractivity contribution in [2.24, 2.45) is 5.41 Å². The molecule has 0 aliphatic rings. The number of rotatable bonds is 5. The van der Waals surface area contributed by atoms with E-state index in [0.29, 0.717) is 12.3 Å². The van der Waals surface area contributed by atoms with Crippen LogP contribution < -0.4 is 5.32 Å². The van der Waals surface area contributed by atoms with E-state index in [0.717, 1.165) is 12.1 Å². The van der Waals surface area contributed by atoms with Gasteiger partial charge in [0, 0.05) is 16.9 Å². The van der Waals surface area contributed by atoms with Gasteiger partial charge in [-0.15, -0.1) is 11.6 Å². The summed E-state index contributed by atoms with van der Waals surface area (Å²) in [6.45, 7) is 4.04. The van der Waals surface area contributed by atoms with E-state index >= 15 is 0 Å². The number of alkyl halides is 4. The van der Waals surface area contributed by atoms with Gasteiger partial charge in [-0.25, -0.2) is 0 Å². The number of carbonyl (C=O) groups excluding carboxylic acids is 1. The Morgan fingerprint density at radius 1 is 1.33 bits per heavy atom. The number of nitrogens with one attached hydrogen (secondary N) is 1. The number of hydrogen-bond donors (Lipinski definition) is 1. The molecule has 0 saturated heterocycles. The van der Waals surface area contributed by atoms with Gasteiger partial charge in [0.2, 0.25) is 0 Å². The van der Waals surface area contributed by atoms with Gasteiger partial charge in [-0.05, 0) is 30.0 Å². The zero-order valence-corrected chi connectivity index (χ0v) is 14.0. The molecular weight excluding hydrogens is 371 g/mol. The molecule has 1 N–H and O–H groups in total. The zero-order valence-electron chi connectivity index (χ0n) is 11.7. The highest BCUT2D eigenvalue weighted by Gasteiger charge is 2.35. The SMILES string of the molecule is CC(C)(CCCl)CNC(=O)c1ccc(Br)cc1C(F)(F)F. The monoisotopic (exact) mass is 385 g/mol. The molecule has 1 amide bonds. The molecule has 0 aliphatic carbocycles. The second-order valence-electron chi connectivity index (χ2n) is 5.47. The predicted molar refractivity (Wildman–Crippen MR) is 80.6 cm³/mol. The molecule has 7 heteroatoms. The minimum Gasteiger partial charge on any atom is -0.351 e. The fourth-order valence-corrected chi connectivity index (χ4v) is 2.58. The third kappa shape index (κ3) is 5.51. The summed E-state index contributed by atoms with van der Waals surface area (Å²) in [6, 6.07) is 3.48. The maximum absolute atomic E-state index is 13.0. The first-order valence-electron chi connectivity index (χ1n) is 6.28. The van der Waals surface area contributed by atoms with Crippen LogP contribution in [0.5, 0.6) is 0 Å². The van der Waals surface area contributed by atoms with Crippen LogP contribution in [0, 0.1) is 5.41 Å². The minimum atomic E-state index is -4.58. The maximum atomic E-state index is 13.0. The topological polar surface area (TPSA) is 29.1 Å². The van der Waals surface area contributed by atoms with Crippen molar-refractivity contribution in [3.05, 3.63) is 33.8 Å². The Labute approximate surface area is 135 Å². The number of carbonyl (C=O) groups is 1. The Hall–Kier alpha value is -0.750. The summed E-state index contributed by atoms with van der Waals surface area (Å²) in [5.41, 5.74) is -1.61. The van der Waals surface area contributed by atoms with Crippen LogP contribution in [0.25, 0.3) is 0 Å². The zero-order chi connectivity index (χ0) is 16.3. The van der Waals surface area contributed by atoms with Crippen LogP contribution in [0.1, 0.15) is 36.2 Å². The van der Waals surface area contributed by atoms with Gasteiger partial charge in [0.25, 0.3) is 5.91 Å². The summed E-state index contributed by atoms with van der Waals surface area (Å²) in [7, 11) is 0. The van der Waals surface area contributed by atoms with Crippen LogP contribution in [-0.4, -0.2) is 18.3 Å². The molecule has 0 aromatic heterocycles. The van der Waals surface area contributed by atoms with Crippen molar-refractivity contribution in [1.82, 2.24) is 5.32 Å². The van der Waals surface area contributed by atoms with E-state index in [2.05, 4.69) is 21.2 Å². The fourth-order valence-electron chi connectivity index (χ4n) is 1.71. The predicted octanol–water partition coefficient (Wildman–Crippen LogP) is 4.85. The molecule has 1 aromatic carbocycles. The summed E-state index contributed by atoms with van der Waals surface area (Å²) in [5.74, 6) is -0.313. The van der Waals surface area contributed by atoms with Crippen molar-refractivity contribution in [2.45, 2.75) is 26.4 Å². The van der Waals surface area contributed by atoms with Gasteiger partial charge in [-0.1, -0.05) is 29.8 Å². The molecule has 21 heavy (non-hydrogen) atoms.